The molecule has 1 rings (SSSR count). The summed E-state index contributed by atoms with van der Waals surface area (Å²) in [5.41, 5.74) is 2.42. The van der Waals surface area contributed by atoms with Gasteiger partial charge in [-0.05, 0) is 32.9 Å². The summed E-state index contributed by atoms with van der Waals surface area (Å²) in [6.07, 6.45) is 0. The molecule has 0 aromatic heterocycles. The Morgan fingerprint density at radius 2 is 2.18 bits per heavy atom. The predicted octanol–water partition coefficient (Wildman–Crippen LogP) is 2.80. The van der Waals surface area contributed by atoms with E-state index in [1.165, 1.54) is 6.07 Å². The first-order chi connectivity index (χ1) is 7.92. The second-order valence-corrected chi connectivity index (χ2v) is 4.74. The lowest BCUT2D eigenvalue weighted by atomic mass is 9.91. The second-order valence-electron chi connectivity index (χ2n) is 4.30. The van der Waals surface area contributed by atoms with E-state index in [-0.39, 0.29) is 0 Å². The van der Waals surface area contributed by atoms with Crippen LogP contribution in [0, 0.1) is 5.82 Å². The van der Waals surface area contributed by atoms with Crippen molar-refractivity contribution in [2.24, 2.45) is 5.84 Å². The minimum atomic E-state index is -0.613. The zero-order valence-corrected chi connectivity index (χ0v) is 11.0. The molecule has 0 radical (unpaired) electrons. The number of nitrogens with two attached hydrogens (primary N) is 1. The average Bonchev–Trinajstić information content (AvgIpc) is 2.21. The van der Waals surface area contributed by atoms with E-state index in [1.807, 2.05) is 20.8 Å². The fraction of sp³-hybridized carbons (Fsp3) is 0.500. The smallest absolute Gasteiger partial charge is 0.129 e. The Morgan fingerprint density at radius 3 is 2.65 bits per heavy atom. The van der Waals surface area contributed by atoms with Gasteiger partial charge in [0.15, 0.2) is 0 Å². The SMILES string of the molecule is CCOC(C)(C)C(NN)c1ccc(Cl)cc1F. The van der Waals surface area contributed by atoms with Crippen LogP contribution in [0.3, 0.4) is 0 Å². The van der Waals surface area contributed by atoms with Gasteiger partial charge >= 0.3 is 0 Å². The van der Waals surface area contributed by atoms with Gasteiger partial charge in [0.1, 0.15) is 5.82 Å². The molecule has 0 bridgehead atoms. The largest absolute Gasteiger partial charge is 0.374 e. The zero-order valence-electron chi connectivity index (χ0n) is 10.3. The third-order valence-corrected chi connectivity index (χ3v) is 2.89. The van der Waals surface area contributed by atoms with Gasteiger partial charge in [-0.3, -0.25) is 5.84 Å². The van der Waals surface area contributed by atoms with E-state index < -0.39 is 17.5 Å². The van der Waals surface area contributed by atoms with Crippen LogP contribution in [0.4, 0.5) is 4.39 Å². The van der Waals surface area contributed by atoms with Crippen LogP contribution in [0.25, 0.3) is 0 Å². The average molecular weight is 261 g/mol. The van der Waals surface area contributed by atoms with Crippen molar-refractivity contribution in [3.05, 3.63) is 34.6 Å². The summed E-state index contributed by atoms with van der Waals surface area (Å²) in [5, 5.41) is 0.358. The predicted molar refractivity (Wildman–Crippen MR) is 67.2 cm³/mol. The lowest BCUT2D eigenvalue weighted by Gasteiger charge is -2.34. The van der Waals surface area contributed by atoms with Crippen molar-refractivity contribution in [3.8, 4) is 0 Å². The van der Waals surface area contributed by atoms with Crippen molar-refractivity contribution >= 4 is 11.6 Å². The summed E-state index contributed by atoms with van der Waals surface area (Å²) in [7, 11) is 0. The zero-order chi connectivity index (χ0) is 13.1. The van der Waals surface area contributed by atoms with Crippen LogP contribution in [0.5, 0.6) is 0 Å². The number of benzene rings is 1. The third kappa shape index (κ3) is 3.39. The van der Waals surface area contributed by atoms with Crippen molar-refractivity contribution in [2.75, 3.05) is 6.61 Å². The van der Waals surface area contributed by atoms with Crippen LogP contribution in [0.15, 0.2) is 18.2 Å². The third-order valence-electron chi connectivity index (χ3n) is 2.65. The highest BCUT2D eigenvalue weighted by atomic mass is 35.5. The van der Waals surface area contributed by atoms with Gasteiger partial charge in [0, 0.05) is 17.2 Å². The fourth-order valence-electron chi connectivity index (χ4n) is 1.86. The first-order valence-electron chi connectivity index (χ1n) is 5.47. The molecule has 0 aliphatic rings. The summed E-state index contributed by atoms with van der Waals surface area (Å²) in [4.78, 5) is 0. The Hall–Kier alpha value is -0.680. The van der Waals surface area contributed by atoms with E-state index >= 15 is 0 Å². The van der Waals surface area contributed by atoms with Crippen molar-refractivity contribution in [1.29, 1.82) is 0 Å². The molecule has 0 saturated carbocycles. The minimum absolute atomic E-state index is 0.358. The fourth-order valence-corrected chi connectivity index (χ4v) is 2.01. The summed E-state index contributed by atoms with van der Waals surface area (Å²) < 4.78 is 19.4. The van der Waals surface area contributed by atoms with E-state index in [1.54, 1.807) is 12.1 Å². The number of nitrogens with one attached hydrogen (secondary N) is 1. The van der Waals surface area contributed by atoms with Crippen molar-refractivity contribution in [2.45, 2.75) is 32.4 Å². The summed E-state index contributed by atoms with van der Waals surface area (Å²) in [6, 6.07) is 4.07. The van der Waals surface area contributed by atoms with E-state index in [0.29, 0.717) is 17.2 Å². The number of hydrazine groups is 1. The number of ether oxygens (including phenoxy) is 1. The van der Waals surface area contributed by atoms with Gasteiger partial charge in [0.25, 0.3) is 0 Å². The Balaban J connectivity index is 3.09. The lowest BCUT2D eigenvalue weighted by molar-refractivity contribution is -0.0400. The van der Waals surface area contributed by atoms with Gasteiger partial charge in [0.05, 0.1) is 11.6 Å². The molecule has 1 aromatic rings. The molecule has 0 amide bonds. The second kappa shape index (κ2) is 5.78. The highest BCUT2D eigenvalue weighted by Crippen LogP contribution is 2.30. The normalized spacial score (nSPS) is 13.8. The van der Waals surface area contributed by atoms with Crippen LogP contribution in [-0.2, 0) is 4.74 Å². The maximum atomic E-state index is 13.8. The van der Waals surface area contributed by atoms with Gasteiger partial charge in [-0.1, -0.05) is 17.7 Å². The molecule has 0 heterocycles. The van der Waals surface area contributed by atoms with E-state index in [4.69, 9.17) is 22.2 Å². The van der Waals surface area contributed by atoms with Crippen molar-refractivity contribution in [3.63, 3.8) is 0 Å². The van der Waals surface area contributed by atoms with Gasteiger partial charge in [-0.15, -0.1) is 0 Å². The van der Waals surface area contributed by atoms with Crippen molar-refractivity contribution in [1.82, 2.24) is 5.43 Å². The number of hydrogen-bond donors (Lipinski definition) is 2. The molecule has 3 N–H and O–H groups in total. The summed E-state index contributed by atoms with van der Waals surface area (Å²) in [5.74, 6) is 5.10. The molecule has 1 aromatic carbocycles. The Kier molecular flexibility index (Phi) is 4.89. The van der Waals surface area contributed by atoms with Gasteiger partial charge in [-0.2, -0.15) is 0 Å². The number of rotatable bonds is 5. The summed E-state index contributed by atoms with van der Waals surface area (Å²) in [6.45, 7) is 6.12. The highest BCUT2D eigenvalue weighted by molar-refractivity contribution is 6.30. The van der Waals surface area contributed by atoms with Crippen LogP contribution in [-0.4, -0.2) is 12.2 Å². The molecule has 0 spiro atoms. The molecule has 17 heavy (non-hydrogen) atoms. The van der Waals surface area contributed by atoms with E-state index in [2.05, 4.69) is 5.43 Å². The van der Waals surface area contributed by atoms with Crippen molar-refractivity contribution < 1.29 is 9.13 Å². The first kappa shape index (κ1) is 14.4. The molecule has 0 saturated heterocycles. The Morgan fingerprint density at radius 1 is 1.53 bits per heavy atom. The standard InChI is InChI=1S/C12H18ClFN2O/c1-4-17-12(2,3)11(16-15)9-6-5-8(13)7-10(9)14/h5-7,11,16H,4,15H2,1-3H3. The molecule has 1 atom stereocenters. The number of halogens is 2. The van der Waals surface area contributed by atoms with Crippen LogP contribution >= 0.6 is 11.6 Å². The monoisotopic (exact) mass is 260 g/mol. The molecule has 3 nitrogen and oxygen atoms in total. The first-order valence-corrected chi connectivity index (χ1v) is 5.85. The van der Waals surface area contributed by atoms with Gasteiger partial charge < -0.3 is 4.74 Å². The molecular formula is C12H18ClFN2O. The maximum Gasteiger partial charge on any atom is 0.129 e. The van der Waals surface area contributed by atoms with Gasteiger partial charge in [-0.25, -0.2) is 9.82 Å². The number of hydrogen-bond acceptors (Lipinski definition) is 3. The molecule has 0 aliphatic carbocycles. The van der Waals surface area contributed by atoms with Crippen LogP contribution < -0.4 is 11.3 Å². The van der Waals surface area contributed by atoms with E-state index in [9.17, 15) is 4.39 Å². The molecule has 96 valence electrons. The van der Waals surface area contributed by atoms with Crippen LogP contribution in [0.1, 0.15) is 32.4 Å². The highest BCUT2D eigenvalue weighted by Gasteiger charge is 2.32. The minimum Gasteiger partial charge on any atom is -0.374 e. The summed E-state index contributed by atoms with van der Waals surface area (Å²) >= 11 is 5.72. The molecule has 5 heteroatoms. The lowest BCUT2D eigenvalue weighted by Crippen LogP contribution is -2.45. The Labute approximate surface area is 106 Å². The molecule has 0 fully saturated rings. The van der Waals surface area contributed by atoms with Gasteiger partial charge in [0.2, 0.25) is 0 Å². The maximum absolute atomic E-state index is 13.8. The quantitative estimate of drug-likeness (QED) is 0.632. The molecule has 1 unspecified atom stereocenters. The topological polar surface area (TPSA) is 47.3 Å². The van der Waals surface area contributed by atoms with E-state index in [0.717, 1.165) is 0 Å². The molecular weight excluding hydrogens is 243 g/mol. The van der Waals surface area contributed by atoms with Crippen LogP contribution in [0.2, 0.25) is 5.02 Å². The Bertz CT molecular complexity index is 385. The molecule has 0 aliphatic heterocycles.